The number of ether oxygens (including phenoxy) is 2. The SMILES string of the molecule is COCCOc1cccc(NCC2CCCNC2)c1. The fourth-order valence-corrected chi connectivity index (χ4v) is 2.30. The predicted molar refractivity (Wildman–Crippen MR) is 77.9 cm³/mol. The molecule has 0 aromatic heterocycles. The van der Waals surface area contributed by atoms with Gasteiger partial charge in [-0.25, -0.2) is 0 Å². The molecule has 0 amide bonds. The molecule has 1 aliphatic heterocycles. The van der Waals surface area contributed by atoms with E-state index in [1.165, 1.54) is 19.4 Å². The average Bonchev–Trinajstić information content (AvgIpc) is 2.47. The molecule has 2 N–H and O–H groups in total. The first-order chi connectivity index (χ1) is 9.38. The standard InChI is InChI=1S/C15H24N2O2/c1-18-8-9-19-15-6-2-5-14(10-15)17-12-13-4-3-7-16-11-13/h2,5-6,10,13,16-17H,3-4,7-9,11-12H2,1H3. The van der Waals surface area contributed by atoms with E-state index >= 15 is 0 Å². The molecule has 106 valence electrons. The number of rotatable bonds is 7. The molecule has 0 bridgehead atoms. The van der Waals surface area contributed by atoms with Crippen molar-refractivity contribution in [3.8, 4) is 5.75 Å². The molecular formula is C15H24N2O2. The number of piperidine rings is 1. The Bertz CT molecular complexity index is 365. The van der Waals surface area contributed by atoms with Gasteiger partial charge in [0, 0.05) is 25.4 Å². The predicted octanol–water partition coefficient (Wildman–Crippen LogP) is 2.12. The highest BCUT2D eigenvalue weighted by Crippen LogP contribution is 2.18. The van der Waals surface area contributed by atoms with E-state index in [0.717, 1.165) is 30.4 Å². The second kappa shape index (κ2) is 8.02. The van der Waals surface area contributed by atoms with Gasteiger partial charge in [-0.15, -0.1) is 0 Å². The topological polar surface area (TPSA) is 42.5 Å². The Balaban J connectivity index is 1.77. The lowest BCUT2D eigenvalue weighted by atomic mass is 10.00. The van der Waals surface area contributed by atoms with E-state index in [2.05, 4.69) is 16.7 Å². The van der Waals surface area contributed by atoms with Crippen LogP contribution in [-0.2, 0) is 4.74 Å². The molecule has 1 aromatic rings. The number of hydrogen-bond donors (Lipinski definition) is 2. The second-order valence-electron chi connectivity index (χ2n) is 4.96. The Morgan fingerprint density at radius 3 is 3.11 bits per heavy atom. The van der Waals surface area contributed by atoms with Crippen molar-refractivity contribution in [3.05, 3.63) is 24.3 Å². The Hall–Kier alpha value is -1.26. The highest BCUT2D eigenvalue weighted by molar-refractivity contribution is 5.48. The van der Waals surface area contributed by atoms with E-state index in [0.29, 0.717) is 13.2 Å². The van der Waals surface area contributed by atoms with Crippen LogP contribution >= 0.6 is 0 Å². The average molecular weight is 264 g/mol. The van der Waals surface area contributed by atoms with Crippen LogP contribution in [-0.4, -0.2) is 40.0 Å². The van der Waals surface area contributed by atoms with E-state index in [1.807, 2.05) is 18.2 Å². The summed E-state index contributed by atoms with van der Waals surface area (Å²) in [5.41, 5.74) is 1.13. The van der Waals surface area contributed by atoms with Crippen LogP contribution < -0.4 is 15.4 Å². The van der Waals surface area contributed by atoms with E-state index in [9.17, 15) is 0 Å². The number of hydrogen-bond acceptors (Lipinski definition) is 4. The zero-order valence-corrected chi connectivity index (χ0v) is 11.7. The van der Waals surface area contributed by atoms with Crippen LogP contribution in [0.25, 0.3) is 0 Å². The maximum absolute atomic E-state index is 5.60. The largest absolute Gasteiger partial charge is 0.491 e. The lowest BCUT2D eigenvalue weighted by Crippen LogP contribution is -2.33. The summed E-state index contributed by atoms with van der Waals surface area (Å²) >= 11 is 0. The summed E-state index contributed by atoms with van der Waals surface area (Å²) in [6.45, 7) is 4.52. The molecule has 1 aromatic carbocycles. The molecule has 4 heteroatoms. The van der Waals surface area contributed by atoms with Crippen LogP contribution in [0.5, 0.6) is 5.75 Å². The van der Waals surface area contributed by atoms with Crippen molar-refractivity contribution in [2.24, 2.45) is 5.92 Å². The summed E-state index contributed by atoms with van der Waals surface area (Å²) in [6.07, 6.45) is 2.59. The quantitative estimate of drug-likeness (QED) is 0.740. The Morgan fingerprint density at radius 2 is 2.32 bits per heavy atom. The van der Waals surface area contributed by atoms with Crippen LogP contribution in [0.2, 0.25) is 0 Å². The number of nitrogens with one attached hydrogen (secondary N) is 2. The summed E-state index contributed by atoms with van der Waals surface area (Å²) in [6, 6.07) is 8.12. The number of methoxy groups -OCH3 is 1. The van der Waals surface area contributed by atoms with Gasteiger partial charge in [-0.05, 0) is 44.0 Å². The summed E-state index contributed by atoms with van der Waals surface area (Å²) < 4.78 is 10.6. The molecule has 0 saturated carbocycles. The van der Waals surface area contributed by atoms with E-state index < -0.39 is 0 Å². The molecule has 2 rings (SSSR count). The fourth-order valence-electron chi connectivity index (χ4n) is 2.30. The molecule has 1 heterocycles. The van der Waals surface area contributed by atoms with Gasteiger partial charge >= 0.3 is 0 Å². The van der Waals surface area contributed by atoms with Gasteiger partial charge in [-0.3, -0.25) is 0 Å². The third-order valence-electron chi connectivity index (χ3n) is 3.38. The summed E-state index contributed by atoms with van der Waals surface area (Å²) in [4.78, 5) is 0. The van der Waals surface area contributed by atoms with Crippen molar-refractivity contribution < 1.29 is 9.47 Å². The minimum absolute atomic E-state index is 0.590. The molecule has 1 aliphatic rings. The molecule has 1 fully saturated rings. The first-order valence-corrected chi connectivity index (χ1v) is 7.05. The van der Waals surface area contributed by atoms with Crippen molar-refractivity contribution in [2.45, 2.75) is 12.8 Å². The molecule has 1 saturated heterocycles. The lowest BCUT2D eigenvalue weighted by Gasteiger charge is -2.23. The van der Waals surface area contributed by atoms with Gasteiger partial charge in [-0.1, -0.05) is 6.07 Å². The van der Waals surface area contributed by atoms with Gasteiger partial charge in [0.1, 0.15) is 12.4 Å². The van der Waals surface area contributed by atoms with Crippen molar-refractivity contribution in [2.75, 3.05) is 45.3 Å². The van der Waals surface area contributed by atoms with Gasteiger partial charge in [-0.2, -0.15) is 0 Å². The van der Waals surface area contributed by atoms with E-state index in [1.54, 1.807) is 7.11 Å². The van der Waals surface area contributed by atoms with Gasteiger partial charge in [0.25, 0.3) is 0 Å². The Morgan fingerprint density at radius 1 is 1.37 bits per heavy atom. The van der Waals surface area contributed by atoms with Crippen LogP contribution in [0, 0.1) is 5.92 Å². The first-order valence-electron chi connectivity index (χ1n) is 7.05. The number of anilines is 1. The zero-order valence-electron chi connectivity index (χ0n) is 11.7. The molecule has 0 radical (unpaired) electrons. The van der Waals surface area contributed by atoms with Crippen molar-refractivity contribution in [1.29, 1.82) is 0 Å². The smallest absolute Gasteiger partial charge is 0.121 e. The molecular weight excluding hydrogens is 240 g/mol. The van der Waals surface area contributed by atoms with E-state index in [4.69, 9.17) is 9.47 Å². The second-order valence-corrected chi connectivity index (χ2v) is 4.96. The highest BCUT2D eigenvalue weighted by atomic mass is 16.5. The maximum atomic E-state index is 5.60. The monoisotopic (exact) mass is 264 g/mol. The zero-order chi connectivity index (χ0) is 13.3. The molecule has 1 atom stereocenters. The normalized spacial score (nSPS) is 19.1. The van der Waals surface area contributed by atoms with Crippen LogP contribution in [0.1, 0.15) is 12.8 Å². The lowest BCUT2D eigenvalue weighted by molar-refractivity contribution is 0.146. The van der Waals surface area contributed by atoms with Gasteiger partial charge in [0.2, 0.25) is 0 Å². The minimum atomic E-state index is 0.590. The molecule has 0 spiro atoms. The summed E-state index contributed by atoms with van der Waals surface area (Å²) in [5.74, 6) is 1.62. The summed E-state index contributed by atoms with van der Waals surface area (Å²) in [7, 11) is 1.68. The van der Waals surface area contributed by atoms with Gasteiger partial charge in [0.05, 0.1) is 6.61 Å². The maximum Gasteiger partial charge on any atom is 0.121 e. The third-order valence-corrected chi connectivity index (χ3v) is 3.38. The molecule has 19 heavy (non-hydrogen) atoms. The van der Waals surface area contributed by atoms with Crippen LogP contribution in [0.4, 0.5) is 5.69 Å². The summed E-state index contributed by atoms with van der Waals surface area (Å²) in [5, 5.41) is 6.93. The highest BCUT2D eigenvalue weighted by Gasteiger charge is 2.12. The Kier molecular flexibility index (Phi) is 5.98. The third kappa shape index (κ3) is 5.09. The molecule has 1 unspecified atom stereocenters. The molecule has 0 aliphatic carbocycles. The number of benzene rings is 1. The Labute approximate surface area is 115 Å². The fraction of sp³-hybridized carbons (Fsp3) is 0.600. The van der Waals surface area contributed by atoms with E-state index in [-0.39, 0.29) is 0 Å². The van der Waals surface area contributed by atoms with Gasteiger partial charge < -0.3 is 20.1 Å². The van der Waals surface area contributed by atoms with Crippen LogP contribution in [0.3, 0.4) is 0 Å². The minimum Gasteiger partial charge on any atom is -0.491 e. The van der Waals surface area contributed by atoms with Crippen molar-refractivity contribution in [1.82, 2.24) is 5.32 Å². The first kappa shape index (κ1) is 14.2. The van der Waals surface area contributed by atoms with Gasteiger partial charge in [0.15, 0.2) is 0 Å². The molecule has 4 nitrogen and oxygen atoms in total. The van der Waals surface area contributed by atoms with Crippen molar-refractivity contribution in [3.63, 3.8) is 0 Å². The van der Waals surface area contributed by atoms with Crippen molar-refractivity contribution >= 4 is 5.69 Å². The van der Waals surface area contributed by atoms with Crippen LogP contribution in [0.15, 0.2) is 24.3 Å².